The molecule has 2 rings (SSSR count). The minimum absolute atomic E-state index is 0.00682. The number of carbonyl (C=O) groups excluding carboxylic acids is 1. The van der Waals surface area contributed by atoms with Crippen LogP contribution in [0.4, 0.5) is 15.9 Å². The number of likely N-dealkylation sites (N-methyl/N-ethyl adjacent to an activating group) is 1. The Morgan fingerprint density at radius 1 is 1.16 bits per heavy atom. The molecule has 0 saturated carbocycles. The molecule has 8 nitrogen and oxygen atoms in total. The van der Waals surface area contributed by atoms with Gasteiger partial charge in [-0.1, -0.05) is 39.8 Å². The van der Waals surface area contributed by atoms with E-state index in [1.54, 1.807) is 12.1 Å². The zero-order valence-electron chi connectivity index (χ0n) is 18.9. The van der Waals surface area contributed by atoms with Gasteiger partial charge in [0.25, 0.3) is 11.5 Å². The first-order chi connectivity index (χ1) is 14.5. The minimum Gasteiger partial charge on any atom is -0.383 e. The highest BCUT2D eigenvalue weighted by Crippen LogP contribution is 2.19. The first-order valence-corrected chi connectivity index (χ1v) is 10.5. The van der Waals surface area contributed by atoms with Crippen LogP contribution in [0.3, 0.4) is 0 Å². The summed E-state index contributed by atoms with van der Waals surface area (Å²) >= 11 is 0. The van der Waals surface area contributed by atoms with Crippen molar-refractivity contribution < 1.29 is 14.1 Å². The zero-order valence-corrected chi connectivity index (χ0v) is 18.9. The molecule has 170 valence electrons. The summed E-state index contributed by atoms with van der Waals surface area (Å²) in [7, 11) is 1.85. The van der Waals surface area contributed by atoms with Crippen molar-refractivity contribution in [2.45, 2.75) is 40.8 Å². The fourth-order valence-electron chi connectivity index (χ4n) is 3.43. The maximum absolute atomic E-state index is 13.2. The lowest BCUT2D eigenvalue weighted by molar-refractivity contribution is -0.885. The summed E-state index contributed by atoms with van der Waals surface area (Å²) in [6.07, 6.45) is 0. The van der Waals surface area contributed by atoms with E-state index in [1.807, 2.05) is 34.7 Å². The van der Waals surface area contributed by atoms with Crippen molar-refractivity contribution in [2.24, 2.45) is 11.8 Å². The molecule has 0 aliphatic carbocycles. The predicted molar refractivity (Wildman–Crippen MR) is 120 cm³/mol. The maximum Gasteiger partial charge on any atom is 0.330 e. The van der Waals surface area contributed by atoms with Crippen molar-refractivity contribution in [1.29, 1.82) is 0 Å². The van der Waals surface area contributed by atoms with Gasteiger partial charge in [-0.3, -0.25) is 24.0 Å². The Labute approximate surface area is 181 Å². The molecule has 1 atom stereocenters. The number of aromatic amines is 1. The number of nitrogens with two attached hydrogens (primary N) is 1. The molecule has 1 unspecified atom stereocenters. The van der Waals surface area contributed by atoms with Crippen LogP contribution < -0.4 is 26.8 Å². The number of hydrogen-bond acceptors (Lipinski definition) is 4. The first kappa shape index (κ1) is 24.3. The fraction of sp³-hybridized carbons (Fsp3) is 0.500. The Bertz CT molecular complexity index is 1010. The Morgan fingerprint density at radius 2 is 1.77 bits per heavy atom. The van der Waals surface area contributed by atoms with Gasteiger partial charge < -0.3 is 10.6 Å². The van der Waals surface area contributed by atoms with E-state index in [9.17, 15) is 18.8 Å². The summed E-state index contributed by atoms with van der Waals surface area (Å²) in [5.74, 6) is -0.398. The number of halogens is 1. The number of nitrogens with one attached hydrogen (secondary N) is 2. The Balaban J connectivity index is 2.34. The van der Waals surface area contributed by atoms with Gasteiger partial charge in [-0.2, -0.15) is 0 Å². The number of H-pyrrole nitrogens is 1. The van der Waals surface area contributed by atoms with Crippen LogP contribution in [0.15, 0.2) is 33.9 Å². The van der Waals surface area contributed by atoms with Crippen molar-refractivity contribution in [3.8, 4) is 0 Å². The molecule has 0 saturated heterocycles. The highest BCUT2D eigenvalue weighted by Gasteiger charge is 2.27. The number of anilines is 2. The number of benzene rings is 1. The molecule has 0 aliphatic heterocycles. The van der Waals surface area contributed by atoms with Crippen LogP contribution in [-0.2, 0) is 17.9 Å². The molecule has 0 spiro atoms. The quantitative estimate of drug-likeness (QED) is 0.538. The van der Waals surface area contributed by atoms with Gasteiger partial charge >= 0.3 is 5.69 Å². The summed E-state index contributed by atoms with van der Waals surface area (Å²) in [6, 6.07) is 6.13. The molecule has 1 aromatic carbocycles. The lowest BCUT2D eigenvalue weighted by Gasteiger charge is -2.27. The van der Waals surface area contributed by atoms with Gasteiger partial charge in [0.05, 0.1) is 7.05 Å². The lowest BCUT2D eigenvalue weighted by Crippen LogP contribution is -3.09. The largest absolute Gasteiger partial charge is 0.383 e. The van der Waals surface area contributed by atoms with Gasteiger partial charge in [-0.25, -0.2) is 9.18 Å². The van der Waals surface area contributed by atoms with Crippen LogP contribution in [0, 0.1) is 17.7 Å². The summed E-state index contributed by atoms with van der Waals surface area (Å²) in [4.78, 5) is 42.7. The first-order valence-electron chi connectivity index (χ1n) is 10.5. The lowest BCUT2D eigenvalue weighted by atomic mass is 10.2. The second-order valence-electron chi connectivity index (χ2n) is 8.83. The van der Waals surface area contributed by atoms with Crippen LogP contribution >= 0.6 is 0 Å². The molecule has 0 fully saturated rings. The second-order valence-corrected chi connectivity index (χ2v) is 8.83. The fourth-order valence-corrected chi connectivity index (χ4v) is 3.43. The number of amides is 1. The monoisotopic (exact) mass is 434 g/mol. The number of hydrogen-bond donors (Lipinski definition) is 3. The third-order valence-electron chi connectivity index (χ3n) is 4.75. The van der Waals surface area contributed by atoms with Gasteiger partial charge in [-0.05, 0) is 24.0 Å². The molecule has 0 bridgehead atoms. The standard InChI is InChI=1S/C22H32FN5O3/c1-14(2)10-27(18(29)13-26(5)12-16-6-8-17(23)9-7-16)19-20(24)28(11-15(3)4)22(31)25-21(19)30/h6-9,14-15H,10-13,24H2,1-5H3,(H,25,30,31)/p+1. The molecule has 2 aromatic rings. The van der Waals surface area contributed by atoms with Crippen LogP contribution in [0.2, 0.25) is 0 Å². The SMILES string of the molecule is CC(C)CN(C(=O)C[NH+](C)Cc1ccc(F)cc1)c1c(N)n(CC(C)C)c(=O)[nH]c1=O. The van der Waals surface area contributed by atoms with E-state index in [4.69, 9.17) is 5.73 Å². The molecule has 1 amide bonds. The van der Waals surface area contributed by atoms with Gasteiger partial charge in [0.2, 0.25) is 0 Å². The Kier molecular flexibility index (Phi) is 8.15. The number of nitrogens with zero attached hydrogens (tertiary/aromatic N) is 2. The number of rotatable bonds is 9. The average molecular weight is 435 g/mol. The molecule has 31 heavy (non-hydrogen) atoms. The molecule has 1 heterocycles. The Morgan fingerprint density at radius 3 is 2.32 bits per heavy atom. The van der Waals surface area contributed by atoms with Crippen LogP contribution in [0.25, 0.3) is 0 Å². The third-order valence-corrected chi connectivity index (χ3v) is 4.75. The van der Waals surface area contributed by atoms with Crippen molar-refractivity contribution in [1.82, 2.24) is 9.55 Å². The smallest absolute Gasteiger partial charge is 0.330 e. The van der Waals surface area contributed by atoms with Gasteiger partial charge in [0.1, 0.15) is 18.2 Å². The normalized spacial score (nSPS) is 12.4. The summed E-state index contributed by atoms with van der Waals surface area (Å²) < 4.78 is 14.4. The van der Waals surface area contributed by atoms with E-state index < -0.39 is 11.2 Å². The van der Waals surface area contributed by atoms with Crippen molar-refractivity contribution in [2.75, 3.05) is 30.8 Å². The maximum atomic E-state index is 13.2. The number of quaternary nitrogens is 1. The molecule has 0 aliphatic rings. The van der Waals surface area contributed by atoms with E-state index in [2.05, 4.69) is 4.98 Å². The van der Waals surface area contributed by atoms with E-state index in [-0.39, 0.29) is 48.2 Å². The van der Waals surface area contributed by atoms with Crippen LogP contribution in [-0.4, -0.2) is 35.6 Å². The van der Waals surface area contributed by atoms with Crippen molar-refractivity contribution in [3.63, 3.8) is 0 Å². The highest BCUT2D eigenvalue weighted by atomic mass is 19.1. The van der Waals surface area contributed by atoms with Gasteiger partial charge in [0.15, 0.2) is 12.2 Å². The summed E-state index contributed by atoms with van der Waals surface area (Å²) in [5, 5.41) is 0. The summed E-state index contributed by atoms with van der Waals surface area (Å²) in [5.41, 5.74) is 5.86. The van der Waals surface area contributed by atoms with Gasteiger partial charge in [0, 0.05) is 18.7 Å². The van der Waals surface area contributed by atoms with E-state index in [0.29, 0.717) is 13.1 Å². The molecular formula is C22H33FN5O3+. The topological polar surface area (TPSA) is 106 Å². The molecule has 0 radical (unpaired) electrons. The number of nitrogen functional groups attached to an aromatic ring is 1. The summed E-state index contributed by atoms with van der Waals surface area (Å²) in [6.45, 7) is 8.97. The average Bonchev–Trinajstić information content (AvgIpc) is 2.65. The number of aromatic nitrogens is 2. The number of carbonyl (C=O) groups is 1. The zero-order chi connectivity index (χ0) is 23.3. The van der Waals surface area contributed by atoms with E-state index in [1.165, 1.54) is 21.6 Å². The van der Waals surface area contributed by atoms with Crippen molar-refractivity contribution in [3.05, 3.63) is 56.5 Å². The second kappa shape index (κ2) is 10.4. The highest BCUT2D eigenvalue weighted by molar-refractivity contribution is 5.96. The molecular weight excluding hydrogens is 401 g/mol. The Hall–Kier alpha value is -2.94. The molecule has 4 N–H and O–H groups in total. The van der Waals surface area contributed by atoms with Gasteiger partial charge in [-0.15, -0.1) is 0 Å². The van der Waals surface area contributed by atoms with Crippen molar-refractivity contribution >= 4 is 17.4 Å². The van der Waals surface area contributed by atoms with E-state index >= 15 is 0 Å². The predicted octanol–water partition coefficient (Wildman–Crippen LogP) is 0.618. The third kappa shape index (κ3) is 6.52. The minimum atomic E-state index is -0.673. The van der Waals surface area contributed by atoms with Crippen LogP contribution in [0.5, 0.6) is 0 Å². The van der Waals surface area contributed by atoms with E-state index in [0.717, 1.165) is 10.5 Å². The van der Waals surface area contributed by atoms with Crippen LogP contribution in [0.1, 0.15) is 33.3 Å². The molecule has 1 aromatic heterocycles. The molecule has 9 heteroatoms.